The lowest BCUT2D eigenvalue weighted by Crippen LogP contribution is -2.42. The van der Waals surface area contributed by atoms with Crippen molar-refractivity contribution in [1.82, 2.24) is 9.88 Å². The van der Waals surface area contributed by atoms with E-state index in [1.54, 1.807) is 24.6 Å². The van der Waals surface area contributed by atoms with E-state index in [1.165, 1.54) is 0 Å². The van der Waals surface area contributed by atoms with Gasteiger partial charge in [-0.15, -0.1) is 11.3 Å². The highest BCUT2D eigenvalue weighted by Crippen LogP contribution is 2.37. The highest BCUT2D eigenvalue weighted by Gasteiger charge is 2.33. The van der Waals surface area contributed by atoms with Crippen molar-refractivity contribution in [3.63, 3.8) is 0 Å². The fraction of sp³-hybridized carbons (Fsp3) is 0.444. The second-order valence-corrected chi connectivity index (χ2v) is 9.79. The smallest absolute Gasteiger partial charge is 0.119 e. The largest absolute Gasteiger partial charge is 0.497 e. The lowest BCUT2D eigenvalue weighted by Gasteiger charge is -2.40. The summed E-state index contributed by atoms with van der Waals surface area (Å²) in [4.78, 5) is 7.89. The summed E-state index contributed by atoms with van der Waals surface area (Å²) in [5.41, 5.74) is 2.45. The van der Waals surface area contributed by atoms with Crippen LogP contribution in [-0.4, -0.2) is 48.3 Å². The number of piperidine rings is 1. The molecular weight excluding hydrogens is 435 g/mol. The van der Waals surface area contributed by atoms with E-state index in [9.17, 15) is 9.50 Å². The number of halogens is 1. The van der Waals surface area contributed by atoms with Crippen molar-refractivity contribution >= 4 is 22.2 Å². The number of aryl methyl sites for hydroxylation is 1. The van der Waals surface area contributed by atoms with Gasteiger partial charge in [-0.1, -0.05) is 17.9 Å². The molecule has 0 atom stereocenters. The lowest BCUT2D eigenvalue weighted by molar-refractivity contribution is 0.0401. The average molecular weight is 467 g/mol. The number of benzene rings is 1. The van der Waals surface area contributed by atoms with Gasteiger partial charge in [0.2, 0.25) is 0 Å². The van der Waals surface area contributed by atoms with E-state index in [0.29, 0.717) is 5.56 Å². The van der Waals surface area contributed by atoms with Crippen LogP contribution in [0.5, 0.6) is 5.75 Å². The molecule has 0 unspecified atom stereocenters. The maximum atomic E-state index is 13.7. The SMILES string of the molecule is COc1ccc2ncc(CF)c(CCCC3(CO)CCN(CC#Cc4cccs4)CC3)c2c1. The van der Waals surface area contributed by atoms with Gasteiger partial charge in [0.1, 0.15) is 12.4 Å². The molecular formula is C27H31FN2O2S. The van der Waals surface area contributed by atoms with Crippen molar-refractivity contribution < 1.29 is 14.2 Å². The lowest BCUT2D eigenvalue weighted by atomic mass is 9.75. The van der Waals surface area contributed by atoms with Crippen molar-refractivity contribution in [3.8, 4) is 17.6 Å². The number of rotatable bonds is 8. The van der Waals surface area contributed by atoms with E-state index in [0.717, 1.165) is 78.8 Å². The molecule has 174 valence electrons. The fourth-order valence-electron chi connectivity index (χ4n) is 4.71. The minimum atomic E-state index is -0.526. The number of hydrogen-bond donors (Lipinski definition) is 1. The Morgan fingerprint density at radius 2 is 2.12 bits per heavy atom. The zero-order valence-corrected chi connectivity index (χ0v) is 20.0. The second-order valence-electron chi connectivity index (χ2n) is 8.85. The Morgan fingerprint density at radius 1 is 1.27 bits per heavy atom. The van der Waals surface area contributed by atoms with Crippen LogP contribution in [-0.2, 0) is 13.1 Å². The molecule has 3 heterocycles. The Labute approximate surface area is 199 Å². The Kier molecular flexibility index (Phi) is 7.97. The fourth-order valence-corrected chi connectivity index (χ4v) is 5.30. The summed E-state index contributed by atoms with van der Waals surface area (Å²) in [6, 6.07) is 9.82. The third kappa shape index (κ3) is 5.73. The Bertz CT molecular complexity index is 1110. The maximum Gasteiger partial charge on any atom is 0.119 e. The normalized spacial score (nSPS) is 15.8. The number of hydrogen-bond acceptors (Lipinski definition) is 5. The molecule has 4 rings (SSSR count). The molecule has 6 heteroatoms. The molecule has 1 aliphatic rings. The van der Waals surface area contributed by atoms with E-state index in [-0.39, 0.29) is 12.0 Å². The van der Waals surface area contributed by atoms with Gasteiger partial charge < -0.3 is 9.84 Å². The third-order valence-electron chi connectivity index (χ3n) is 6.84. The predicted octanol–water partition coefficient (Wildman–Crippen LogP) is 5.22. The summed E-state index contributed by atoms with van der Waals surface area (Å²) in [7, 11) is 1.64. The summed E-state index contributed by atoms with van der Waals surface area (Å²) in [5, 5.41) is 13.2. The van der Waals surface area contributed by atoms with Gasteiger partial charge in [0.05, 0.1) is 24.0 Å². The number of likely N-dealkylation sites (tertiary alicyclic amines) is 1. The molecule has 0 amide bonds. The van der Waals surface area contributed by atoms with Gasteiger partial charge in [-0.2, -0.15) is 0 Å². The summed E-state index contributed by atoms with van der Waals surface area (Å²) < 4.78 is 19.1. The van der Waals surface area contributed by atoms with Crippen LogP contribution in [0.2, 0.25) is 0 Å². The average Bonchev–Trinajstić information content (AvgIpc) is 3.38. The number of alkyl halides is 1. The van der Waals surface area contributed by atoms with Crippen LogP contribution in [0.4, 0.5) is 4.39 Å². The zero-order chi connectivity index (χ0) is 23.1. The van der Waals surface area contributed by atoms with Gasteiger partial charge in [0.25, 0.3) is 0 Å². The monoisotopic (exact) mass is 466 g/mol. The molecule has 0 radical (unpaired) electrons. The molecule has 0 bridgehead atoms. The number of aromatic nitrogens is 1. The Morgan fingerprint density at radius 3 is 2.82 bits per heavy atom. The highest BCUT2D eigenvalue weighted by atomic mass is 32.1. The molecule has 0 spiro atoms. The molecule has 4 nitrogen and oxygen atoms in total. The maximum absolute atomic E-state index is 13.7. The minimum absolute atomic E-state index is 0.0614. The number of aliphatic hydroxyl groups is 1. The van der Waals surface area contributed by atoms with Gasteiger partial charge in [-0.3, -0.25) is 9.88 Å². The van der Waals surface area contributed by atoms with Crippen LogP contribution in [0.15, 0.2) is 41.9 Å². The first kappa shape index (κ1) is 23.7. The van der Waals surface area contributed by atoms with Crippen molar-refractivity contribution in [2.45, 2.75) is 38.8 Å². The number of fused-ring (bicyclic) bond motifs is 1. The molecule has 0 aliphatic carbocycles. The van der Waals surface area contributed by atoms with E-state index in [2.05, 4.69) is 21.7 Å². The molecule has 2 aromatic heterocycles. The molecule has 0 saturated carbocycles. The Balaban J connectivity index is 1.37. The third-order valence-corrected chi connectivity index (χ3v) is 7.63. The van der Waals surface area contributed by atoms with E-state index >= 15 is 0 Å². The van der Waals surface area contributed by atoms with Crippen molar-refractivity contribution in [2.75, 3.05) is 33.4 Å². The van der Waals surface area contributed by atoms with Crippen LogP contribution < -0.4 is 4.74 Å². The van der Waals surface area contributed by atoms with Gasteiger partial charge >= 0.3 is 0 Å². The predicted molar refractivity (Wildman–Crippen MR) is 132 cm³/mol. The molecule has 1 N–H and O–H groups in total. The molecule has 33 heavy (non-hydrogen) atoms. The molecule has 3 aromatic rings. The number of methoxy groups -OCH3 is 1. The van der Waals surface area contributed by atoms with Crippen molar-refractivity contribution in [1.29, 1.82) is 0 Å². The van der Waals surface area contributed by atoms with Crippen LogP contribution in [0.25, 0.3) is 10.9 Å². The highest BCUT2D eigenvalue weighted by molar-refractivity contribution is 7.10. The van der Waals surface area contributed by atoms with Crippen molar-refractivity contribution in [3.05, 3.63) is 57.9 Å². The van der Waals surface area contributed by atoms with Crippen LogP contribution in [0, 0.1) is 17.3 Å². The topological polar surface area (TPSA) is 45.6 Å². The van der Waals surface area contributed by atoms with E-state index in [4.69, 9.17) is 4.74 Å². The van der Waals surface area contributed by atoms with Gasteiger partial charge in [-0.05, 0) is 85.8 Å². The van der Waals surface area contributed by atoms with Gasteiger partial charge in [0.15, 0.2) is 0 Å². The first-order valence-corrected chi connectivity index (χ1v) is 12.4. The number of nitrogens with zero attached hydrogens (tertiary/aromatic N) is 2. The number of pyridine rings is 1. The van der Waals surface area contributed by atoms with E-state index < -0.39 is 6.67 Å². The quantitative estimate of drug-likeness (QED) is 0.462. The summed E-state index contributed by atoms with van der Waals surface area (Å²) in [6.07, 6.45) is 6.18. The number of ether oxygens (including phenoxy) is 1. The summed E-state index contributed by atoms with van der Waals surface area (Å²) in [6.45, 7) is 2.34. The van der Waals surface area contributed by atoms with Crippen LogP contribution >= 0.6 is 11.3 Å². The first-order valence-electron chi connectivity index (χ1n) is 11.5. The molecule has 1 aromatic carbocycles. The number of aliphatic hydroxyl groups excluding tert-OH is 1. The molecule has 1 fully saturated rings. The van der Waals surface area contributed by atoms with Crippen LogP contribution in [0.3, 0.4) is 0 Å². The first-order chi connectivity index (χ1) is 16.2. The van der Waals surface area contributed by atoms with Gasteiger partial charge in [0, 0.05) is 23.8 Å². The number of thiophene rings is 1. The Hall–Kier alpha value is -2.46. The molecule has 1 aliphatic heterocycles. The summed E-state index contributed by atoms with van der Waals surface area (Å²) in [5.74, 6) is 7.26. The zero-order valence-electron chi connectivity index (χ0n) is 19.1. The van der Waals surface area contributed by atoms with Crippen LogP contribution in [0.1, 0.15) is 41.7 Å². The standard InChI is InChI=1S/C27H31FN2O2S/c1-32-22-8-9-26-25(17-22)24(21(18-28)19-29-26)7-2-10-27(20-31)11-14-30(15-12-27)13-3-5-23-6-4-16-33-23/h4,6,8-9,16-17,19,31H,2,7,10-15,18,20H2,1H3. The summed E-state index contributed by atoms with van der Waals surface area (Å²) >= 11 is 1.67. The minimum Gasteiger partial charge on any atom is -0.497 e. The second kappa shape index (κ2) is 11.1. The van der Waals surface area contributed by atoms with Crippen molar-refractivity contribution in [2.24, 2.45) is 5.41 Å². The molecule has 1 saturated heterocycles. The van der Waals surface area contributed by atoms with E-state index in [1.807, 2.05) is 35.7 Å². The van der Waals surface area contributed by atoms with Gasteiger partial charge in [-0.25, -0.2) is 4.39 Å².